The summed E-state index contributed by atoms with van der Waals surface area (Å²) < 4.78 is 0. The maximum atomic E-state index is 3.80. The highest BCUT2D eigenvalue weighted by Gasteiger charge is 2.18. The summed E-state index contributed by atoms with van der Waals surface area (Å²) in [5.41, 5.74) is 4.52. The van der Waals surface area contributed by atoms with E-state index in [-0.39, 0.29) is 0 Å². The quantitative estimate of drug-likeness (QED) is 0.649. The number of benzene rings is 1. The van der Waals surface area contributed by atoms with E-state index in [0.717, 1.165) is 6.42 Å². The van der Waals surface area contributed by atoms with Crippen molar-refractivity contribution in [2.45, 2.75) is 45.9 Å². The molecule has 0 nitrogen and oxygen atoms in total. The molecule has 1 aromatic rings. The van der Waals surface area contributed by atoms with Crippen LogP contribution in [0.15, 0.2) is 18.2 Å². The number of halogens is 1. The minimum atomic E-state index is 0.367. The Labute approximate surface area is 102 Å². The maximum absolute atomic E-state index is 3.80. The van der Waals surface area contributed by atoms with Crippen LogP contribution in [-0.4, -0.2) is 0 Å². The summed E-state index contributed by atoms with van der Waals surface area (Å²) in [6, 6.07) is 6.70. The molecule has 0 N–H and O–H groups in total. The molecule has 0 heterocycles. The van der Waals surface area contributed by atoms with Gasteiger partial charge in [-0.05, 0) is 36.8 Å². The molecule has 0 fully saturated rings. The molecule has 1 unspecified atom stereocenters. The van der Waals surface area contributed by atoms with Gasteiger partial charge in [-0.3, -0.25) is 0 Å². The van der Waals surface area contributed by atoms with E-state index in [9.17, 15) is 0 Å². The molecule has 0 amide bonds. The van der Waals surface area contributed by atoms with E-state index in [0.29, 0.717) is 10.2 Å². The van der Waals surface area contributed by atoms with Gasteiger partial charge in [0.05, 0.1) is 0 Å². The van der Waals surface area contributed by atoms with E-state index in [2.05, 4.69) is 68.7 Å². The van der Waals surface area contributed by atoms with Gasteiger partial charge in [-0.2, -0.15) is 0 Å². The molecule has 1 heteroatoms. The fourth-order valence-electron chi connectivity index (χ4n) is 1.82. The van der Waals surface area contributed by atoms with Gasteiger partial charge in [-0.25, -0.2) is 0 Å². The molecule has 0 bridgehead atoms. The molecule has 15 heavy (non-hydrogen) atoms. The van der Waals surface area contributed by atoms with E-state index in [1.54, 1.807) is 0 Å². The molecule has 0 spiro atoms. The van der Waals surface area contributed by atoms with Crippen molar-refractivity contribution in [2.24, 2.45) is 5.41 Å². The minimum absolute atomic E-state index is 0.367. The van der Waals surface area contributed by atoms with Gasteiger partial charge >= 0.3 is 0 Å². The van der Waals surface area contributed by atoms with Gasteiger partial charge in [0.1, 0.15) is 0 Å². The van der Waals surface area contributed by atoms with Crippen molar-refractivity contribution < 1.29 is 0 Å². The van der Waals surface area contributed by atoms with Crippen molar-refractivity contribution in [3.63, 3.8) is 0 Å². The Bertz CT molecular complexity index is 334. The first-order valence-electron chi connectivity index (χ1n) is 5.51. The molecule has 1 rings (SSSR count). The van der Waals surface area contributed by atoms with Crippen molar-refractivity contribution in [1.29, 1.82) is 0 Å². The summed E-state index contributed by atoms with van der Waals surface area (Å²) in [7, 11) is 0. The summed E-state index contributed by atoms with van der Waals surface area (Å²) in [5.74, 6) is 0. The Morgan fingerprint density at radius 2 is 1.80 bits per heavy atom. The van der Waals surface area contributed by atoms with Crippen LogP contribution >= 0.6 is 15.9 Å². The van der Waals surface area contributed by atoms with E-state index >= 15 is 0 Å². The van der Waals surface area contributed by atoms with Gasteiger partial charge < -0.3 is 0 Å². The molecule has 84 valence electrons. The van der Waals surface area contributed by atoms with Gasteiger partial charge in [0.15, 0.2) is 0 Å². The average molecular weight is 269 g/mol. The van der Waals surface area contributed by atoms with Crippen LogP contribution in [0.2, 0.25) is 0 Å². The zero-order valence-corrected chi connectivity index (χ0v) is 12.0. The summed E-state index contributed by atoms with van der Waals surface area (Å²) in [4.78, 5) is 0.470. The number of hydrogen-bond donors (Lipinski definition) is 0. The standard InChI is InChI=1S/C14H21Br/c1-10-6-7-12(11(2)8-10)13(15)9-14(3,4)5/h6-8,13H,9H2,1-5H3. The lowest BCUT2D eigenvalue weighted by atomic mass is 9.87. The first-order valence-corrected chi connectivity index (χ1v) is 6.42. The fraction of sp³-hybridized carbons (Fsp3) is 0.571. The maximum Gasteiger partial charge on any atom is 0.0402 e. The Hall–Kier alpha value is -0.300. The van der Waals surface area contributed by atoms with Crippen molar-refractivity contribution in [1.82, 2.24) is 0 Å². The highest BCUT2D eigenvalue weighted by atomic mass is 79.9. The molecule has 0 aromatic heterocycles. The largest absolute Gasteiger partial charge is 0.0838 e. The van der Waals surface area contributed by atoms with Gasteiger partial charge in [0.25, 0.3) is 0 Å². The third-order valence-corrected chi connectivity index (χ3v) is 3.37. The molecular weight excluding hydrogens is 248 g/mol. The summed E-state index contributed by atoms with van der Waals surface area (Å²) in [5, 5.41) is 0. The number of rotatable bonds is 2. The average Bonchev–Trinajstić information content (AvgIpc) is 1.99. The third-order valence-electron chi connectivity index (χ3n) is 2.55. The number of alkyl halides is 1. The van der Waals surface area contributed by atoms with Crippen LogP contribution < -0.4 is 0 Å². The molecule has 0 aliphatic carbocycles. The van der Waals surface area contributed by atoms with Crippen LogP contribution in [0, 0.1) is 19.3 Å². The van der Waals surface area contributed by atoms with Crippen LogP contribution in [0.3, 0.4) is 0 Å². The van der Waals surface area contributed by atoms with Crippen LogP contribution in [0.1, 0.15) is 48.7 Å². The van der Waals surface area contributed by atoms with Gasteiger partial charge in [-0.1, -0.05) is 60.5 Å². The predicted molar refractivity (Wildman–Crippen MR) is 71.7 cm³/mol. The molecule has 0 saturated heterocycles. The molecular formula is C14H21Br. The van der Waals surface area contributed by atoms with Crippen molar-refractivity contribution in [2.75, 3.05) is 0 Å². The predicted octanol–water partition coefficient (Wildman–Crippen LogP) is 5.18. The second-order valence-corrected chi connectivity index (χ2v) is 6.70. The monoisotopic (exact) mass is 268 g/mol. The minimum Gasteiger partial charge on any atom is -0.0838 e. The number of aryl methyl sites for hydroxylation is 2. The SMILES string of the molecule is Cc1ccc(C(Br)CC(C)(C)C)c(C)c1. The molecule has 0 aliphatic rings. The summed E-state index contributed by atoms with van der Waals surface area (Å²) >= 11 is 3.80. The Kier molecular flexibility index (Phi) is 3.99. The van der Waals surface area contributed by atoms with E-state index in [4.69, 9.17) is 0 Å². The van der Waals surface area contributed by atoms with Crippen LogP contribution in [-0.2, 0) is 0 Å². The van der Waals surface area contributed by atoms with Crippen LogP contribution in [0.4, 0.5) is 0 Å². The molecule has 0 aliphatic heterocycles. The lowest BCUT2D eigenvalue weighted by Gasteiger charge is -2.23. The highest BCUT2D eigenvalue weighted by molar-refractivity contribution is 9.09. The fourth-order valence-corrected chi connectivity index (χ4v) is 3.31. The van der Waals surface area contributed by atoms with Crippen LogP contribution in [0.5, 0.6) is 0 Å². The first-order chi connectivity index (χ1) is 6.79. The summed E-state index contributed by atoms with van der Waals surface area (Å²) in [6.07, 6.45) is 1.16. The summed E-state index contributed by atoms with van der Waals surface area (Å²) in [6.45, 7) is 11.2. The van der Waals surface area contributed by atoms with E-state index in [1.807, 2.05) is 0 Å². The second kappa shape index (κ2) is 4.69. The van der Waals surface area contributed by atoms with Gasteiger partial charge in [0, 0.05) is 4.83 Å². The van der Waals surface area contributed by atoms with E-state index in [1.165, 1.54) is 16.7 Å². The van der Waals surface area contributed by atoms with Crippen molar-refractivity contribution >= 4 is 15.9 Å². The molecule has 1 atom stereocenters. The highest BCUT2D eigenvalue weighted by Crippen LogP contribution is 2.36. The molecule has 0 radical (unpaired) electrons. The van der Waals surface area contributed by atoms with E-state index < -0.39 is 0 Å². The lowest BCUT2D eigenvalue weighted by Crippen LogP contribution is -2.09. The van der Waals surface area contributed by atoms with Gasteiger partial charge in [0.2, 0.25) is 0 Å². The van der Waals surface area contributed by atoms with Crippen LogP contribution in [0.25, 0.3) is 0 Å². The third kappa shape index (κ3) is 3.98. The normalized spacial score (nSPS) is 14.0. The lowest BCUT2D eigenvalue weighted by molar-refractivity contribution is 0.376. The van der Waals surface area contributed by atoms with Gasteiger partial charge in [-0.15, -0.1) is 0 Å². The van der Waals surface area contributed by atoms with Crippen molar-refractivity contribution in [3.8, 4) is 0 Å². The second-order valence-electron chi connectivity index (χ2n) is 5.59. The Morgan fingerprint density at radius 3 is 2.27 bits per heavy atom. The topological polar surface area (TPSA) is 0 Å². The Morgan fingerprint density at radius 1 is 1.20 bits per heavy atom. The number of hydrogen-bond acceptors (Lipinski definition) is 0. The Balaban J connectivity index is 2.87. The molecule has 1 aromatic carbocycles. The zero-order chi connectivity index (χ0) is 11.6. The smallest absolute Gasteiger partial charge is 0.0402 e. The van der Waals surface area contributed by atoms with Crippen molar-refractivity contribution in [3.05, 3.63) is 34.9 Å². The zero-order valence-electron chi connectivity index (χ0n) is 10.4. The molecule has 0 saturated carbocycles. The first kappa shape index (κ1) is 12.8.